The van der Waals surface area contributed by atoms with Crippen molar-refractivity contribution in [3.63, 3.8) is 0 Å². The van der Waals surface area contributed by atoms with Gasteiger partial charge in [0.2, 0.25) is 11.8 Å². The van der Waals surface area contributed by atoms with E-state index < -0.39 is 0 Å². The van der Waals surface area contributed by atoms with Crippen LogP contribution in [-0.2, 0) is 9.59 Å². The summed E-state index contributed by atoms with van der Waals surface area (Å²) in [6.45, 7) is 2.75. The molecule has 3 rings (SSSR count). The second kappa shape index (κ2) is 4.29. The third kappa shape index (κ3) is 2.04. The molecule has 2 N–H and O–H groups in total. The largest absolute Gasteiger partial charge is 0.344 e. The van der Waals surface area contributed by atoms with Crippen molar-refractivity contribution in [3.05, 3.63) is 0 Å². The van der Waals surface area contributed by atoms with Gasteiger partial charge in [-0.3, -0.25) is 9.59 Å². The number of hydrogen-bond acceptors (Lipinski definition) is 3. The summed E-state index contributed by atoms with van der Waals surface area (Å²) in [5.41, 5.74) is 0. The maximum absolute atomic E-state index is 12.2. The molecule has 0 aliphatic carbocycles. The lowest BCUT2D eigenvalue weighted by Crippen LogP contribution is -2.45. The molecule has 5 nitrogen and oxygen atoms in total. The van der Waals surface area contributed by atoms with Crippen LogP contribution in [0.1, 0.15) is 25.7 Å². The number of fused-ring (bicyclic) bond motifs is 1. The van der Waals surface area contributed by atoms with E-state index in [4.69, 9.17) is 0 Å². The summed E-state index contributed by atoms with van der Waals surface area (Å²) in [5, 5.41) is 6.25. The topological polar surface area (TPSA) is 61.4 Å². The number of nitrogens with one attached hydrogen (secondary N) is 2. The van der Waals surface area contributed by atoms with Crippen molar-refractivity contribution in [1.82, 2.24) is 15.5 Å². The SMILES string of the molecule is O=C1CC[C@H](C(=O)N2CC3CCCNC3C2)N1. The molecule has 2 amide bonds. The van der Waals surface area contributed by atoms with Crippen LogP contribution < -0.4 is 10.6 Å². The van der Waals surface area contributed by atoms with Crippen molar-refractivity contribution in [1.29, 1.82) is 0 Å². The van der Waals surface area contributed by atoms with Crippen molar-refractivity contribution >= 4 is 11.8 Å². The maximum Gasteiger partial charge on any atom is 0.245 e. The molecule has 0 aromatic rings. The first-order valence-electron chi connectivity index (χ1n) is 6.55. The molecule has 0 aromatic carbocycles. The van der Waals surface area contributed by atoms with Gasteiger partial charge in [-0.05, 0) is 31.7 Å². The number of hydrogen-bond donors (Lipinski definition) is 2. The highest BCUT2D eigenvalue weighted by Gasteiger charge is 2.39. The molecular weight excluding hydrogens is 218 g/mol. The Morgan fingerprint density at radius 1 is 1.29 bits per heavy atom. The smallest absolute Gasteiger partial charge is 0.245 e. The number of nitrogens with zero attached hydrogens (tertiary/aromatic N) is 1. The van der Waals surface area contributed by atoms with Gasteiger partial charge >= 0.3 is 0 Å². The number of amides is 2. The van der Waals surface area contributed by atoms with Crippen molar-refractivity contribution in [2.45, 2.75) is 37.8 Å². The first-order valence-corrected chi connectivity index (χ1v) is 6.55. The Morgan fingerprint density at radius 2 is 2.18 bits per heavy atom. The molecule has 3 fully saturated rings. The highest BCUT2D eigenvalue weighted by molar-refractivity contribution is 5.91. The summed E-state index contributed by atoms with van der Waals surface area (Å²) in [6.07, 6.45) is 3.59. The first-order chi connectivity index (χ1) is 8.24. The second-order valence-corrected chi connectivity index (χ2v) is 5.36. The van der Waals surface area contributed by atoms with Gasteiger partial charge in [-0.2, -0.15) is 0 Å². The molecule has 17 heavy (non-hydrogen) atoms. The fourth-order valence-electron chi connectivity index (χ4n) is 3.25. The number of piperidine rings is 1. The minimum Gasteiger partial charge on any atom is -0.344 e. The fraction of sp³-hybridized carbons (Fsp3) is 0.833. The Balaban J connectivity index is 1.62. The molecule has 3 heterocycles. The van der Waals surface area contributed by atoms with E-state index in [-0.39, 0.29) is 17.9 Å². The number of carbonyl (C=O) groups is 2. The van der Waals surface area contributed by atoms with Crippen LogP contribution in [0.5, 0.6) is 0 Å². The number of rotatable bonds is 1. The highest BCUT2D eigenvalue weighted by Crippen LogP contribution is 2.26. The summed E-state index contributed by atoms with van der Waals surface area (Å²) in [5.74, 6) is 0.745. The second-order valence-electron chi connectivity index (χ2n) is 5.36. The molecule has 3 atom stereocenters. The lowest BCUT2D eigenvalue weighted by molar-refractivity contribution is -0.133. The van der Waals surface area contributed by atoms with Gasteiger partial charge in [0, 0.05) is 25.6 Å². The van der Waals surface area contributed by atoms with Crippen LogP contribution in [0.15, 0.2) is 0 Å². The van der Waals surface area contributed by atoms with Crippen LogP contribution in [0, 0.1) is 5.92 Å². The van der Waals surface area contributed by atoms with E-state index in [0.717, 1.165) is 19.6 Å². The minimum atomic E-state index is -0.261. The molecule has 94 valence electrons. The Hall–Kier alpha value is -1.10. The summed E-state index contributed by atoms with van der Waals surface area (Å²) in [4.78, 5) is 25.3. The first kappa shape index (κ1) is 11.0. The quantitative estimate of drug-likeness (QED) is 0.645. The molecule has 0 spiro atoms. The van der Waals surface area contributed by atoms with Gasteiger partial charge in [0.25, 0.3) is 0 Å². The van der Waals surface area contributed by atoms with Crippen LogP contribution in [0.4, 0.5) is 0 Å². The normalized spacial score (nSPS) is 36.8. The fourth-order valence-corrected chi connectivity index (χ4v) is 3.25. The monoisotopic (exact) mass is 237 g/mol. The van der Waals surface area contributed by atoms with Crippen molar-refractivity contribution in [2.24, 2.45) is 5.92 Å². The third-order valence-corrected chi connectivity index (χ3v) is 4.20. The summed E-state index contributed by atoms with van der Waals surface area (Å²) in [6, 6.07) is 0.215. The molecule has 5 heteroatoms. The van der Waals surface area contributed by atoms with Gasteiger partial charge in [-0.1, -0.05) is 0 Å². The summed E-state index contributed by atoms with van der Waals surface area (Å²) >= 11 is 0. The lowest BCUT2D eigenvalue weighted by Gasteiger charge is -2.24. The standard InChI is InChI=1S/C12H19N3O2/c16-11-4-3-9(14-11)12(17)15-6-8-2-1-5-13-10(8)7-15/h8-10,13H,1-7H2,(H,14,16)/t8?,9-,10?/m1/s1. The van der Waals surface area contributed by atoms with Crippen LogP contribution in [0.2, 0.25) is 0 Å². The molecular formula is C12H19N3O2. The van der Waals surface area contributed by atoms with Crippen LogP contribution in [0.3, 0.4) is 0 Å². The van der Waals surface area contributed by atoms with Crippen molar-refractivity contribution < 1.29 is 9.59 Å². The highest BCUT2D eigenvalue weighted by atomic mass is 16.2. The lowest BCUT2D eigenvalue weighted by atomic mass is 9.94. The van der Waals surface area contributed by atoms with E-state index in [1.807, 2.05) is 4.90 Å². The van der Waals surface area contributed by atoms with E-state index in [9.17, 15) is 9.59 Å². The Morgan fingerprint density at radius 3 is 2.88 bits per heavy atom. The molecule has 0 radical (unpaired) electrons. The van der Waals surface area contributed by atoms with E-state index in [2.05, 4.69) is 10.6 Å². The minimum absolute atomic E-state index is 0.0121. The maximum atomic E-state index is 12.2. The van der Waals surface area contributed by atoms with Gasteiger partial charge in [-0.25, -0.2) is 0 Å². The van der Waals surface area contributed by atoms with Crippen LogP contribution in [0.25, 0.3) is 0 Å². The van der Waals surface area contributed by atoms with Gasteiger partial charge in [0.1, 0.15) is 6.04 Å². The molecule has 0 saturated carbocycles. The Kier molecular flexibility index (Phi) is 2.78. The number of likely N-dealkylation sites (tertiary alicyclic amines) is 1. The molecule has 0 bridgehead atoms. The molecule has 3 aliphatic heterocycles. The zero-order chi connectivity index (χ0) is 11.8. The summed E-state index contributed by atoms with van der Waals surface area (Å²) < 4.78 is 0. The third-order valence-electron chi connectivity index (χ3n) is 4.20. The van der Waals surface area contributed by atoms with Gasteiger partial charge < -0.3 is 15.5 Å². The zero-order valence-electron chi connectivity index (χ0n) is 9.95. The Bertz CT molecular complexity index is 331. The van der Waals surface area contributed by atoms with Crippen LogP contribution >= 0.6 is 0 Å². The number of carbonyl (C=O) groups excluding carboxylic acids is 2. The van der Waals surface area contributed by atoms with E-state index >= 15 is 0 Å². The van der Waals surface area contributed by atoms with Gasteiger partial charge in [-0.15, -0.1) is 0 Å². The predicted molar refractivity (Wildman–Crippen MR) is 62.3 cm³/mol. The Labute approximate surface area is 101 Å². The average molecular weight is 237 g/mol. The van der Waals surface area contributed by atoms with E-state index in [1.165, 1.54) is 12.8 Å². The molecule has 2 unspecified atom stereocenters. The summed E-state index contributed by atoms with van der Waals surface area (Å²) in [7, 11) is 0. The van der Waals surface area contributed by atoms with Crippen molar-refractivity contribution in [2.75, 3.05) is 19.6 Å². The molecule has 0 aromatic heterocycles. The van der Waals surface area contributed by atoms with Gasteiger partial charge in [0.05, 0.1) is 0 Å². The molecule has 3 aliphatic rings. The van der Waals surface area contributed by atoms with E-state index in [1.54, 1.807) is 0 Å². The average Bonchev–Trinajstić information content (AvgIpc) is 2.93. The van der Waals surface area contributed by atoms with Gasteiger partial charge in [0.15, 0.2) is 0 Å². The van der Waals surface area contributed by atoms with Crippen LogP contribution in [-0.4, -0.2) is 48.4 Å². The van der Waals surface area contributed by atoms with E-state index in [0.29, 0.717) is 24.8 Å². The molecule has 3 saturated heterocycles. The predicted octanol–water partition coefficient (Wildman–Crippen LogP) is -0.525. The van der Waals surface area contributed by atoms with Crippen molar-refractivity contribution in [3.8, 4) is 0 Å². The zero-order valence-corrected chi connectivity index (χ0v) is 9.95.